The molecule has 1 saturated heterocycles. The highest BCUT2D eigenvalue weighted by atomic mass is 19.4. The molecule has 198 valence electrons. The van der Waals surface area contributed by atoms with Crippen LogP contribution in [0.2, 0.25) is 0 Å². The average molecular weight is 523 g/mol. The summed E-state index contributed by atoms with van der Waals surface area (Å²) in [5, 5.41) is 8.31. The minimum absolute atomic E-state index is 0.00630. The van der Waals surface area contributed by atoms with Crippen molar-refractivity contribution in [2.45, 2.75) is 50.2 Å². The van der Waals surface area contributed by atoms with Gasteiger partial charge in [-0.3, -0.25) is 14.3 Å². The number of aromatic amines is 1. The van der Waals surface area contributed by atoms with Gasteiger partial charge in [0.15, 0.2) is 0 Å². The summed E-state index contributed by atoms with van der Waals surface area (Å²) in [6, 6.07) is 8.78. The van der Waals surface area contributed by atoms with E-state index in [1.807, 2.05) is 23.7 Å². The lowest BCUT2D eigenvalue weighted by atomic mass is 9.63. The summed E-state index contributed by atoms with van der Waals surface area (Å²) in [5.41, 5.74) is 0.299. The summed E-state index contributed by atoms with van der Waals surface area (Å²) in [7, 11) is 1.89. The van der Waals surface area contributed by atoms with Crippen molar-refractivity contribution in [3.8, 4) is 5.69 Å². The number of halogens is 3. The summed E-state index contributed by atoms with van der Waals surface area (Å²) in [6.45, 7) is 2.42. The normalized spacial score (nSPS) is 22.8. The molecule has 0 spiro atoms. The van der Waals surface area contributed by atoms with Crippen LogP contribution >= 0.6 is 0 Å². The Balaban J connectivity index is 1.31. The standard InChI is InChI=1S/C28H29F3N6O/c1-35-16-32-34-26(35)27(7-3-8-27)19-4-2-5-21(11-19)37-15-23(28(29,30)31)22-12-20(33-24(22)25(37)38)14-36-9-6-17-10-18(17)13-36/h2,4-5,11-12,15-18,33H,3,6-10,13-14H2,1H3. The highest BCUT2D eigenvalue weighted by Crippen LogP contribution is 2.48. The molecule has 0 radical (unpaired) electrons. The lowest BCUT2D eigenvalue weighted by molar-refractivity contribution is -0.136. The highest BCUT2D eigenvalue weighted by molar-refractivity contribution is 5.84. The third-order valence-corrected chi connectivity index (χ3v) is 8.96. The number of nitrogens with one attached hydrogen (secondary N) is 1. The fourth-order valence-electron chi connectivity index (χ4n) is 6.66. The van der Waals surface area contributed by atoms with Gasteiger partial charge in [-0.05, 0) is 67.8 Å². The average Bonchev–Trinajstić information content (AvgIpc) is 3.30. The maximum atomic E-state index is 14.3. The van der Waals surface area contributed by atoms with Gasteiger partial charge in [0.2, 0.25) is 0 Å². The molecule has 4 aromatic rings. The number of likely N-dealkylation sites (tertiary alicyclic amines) is 1. The zero-order chi connectivity index (χ0) is 26.2. The second-order valence-corrected chi connectivity index (χ2v) is 11.3. The molecular weight excluding hydrogens is 493 g/mol. The molecule has 7 rings (SSSR count). The van der Waals surface area contributed by atoms with Gasteiger partial charge >= 0.3 is 6.18 Å². The summed E-state index contributed by atoms with van der Waals surface area (Å²) in [4.78, 5) is 19.0. The smallest absolute Gasteiger partial charge is 0.353 e. The Morgan fingerprint density at radius 3 is 2.71 bits per heavy atom. The van der Waals surface area contributed by atoms with Gasteiger partial charge in [-0.1, -0.05) is 18.6 Å². The second kappa shape index (κ2) is 8.30. The highest BCUT2D eigenvalue weighted by Gasteiger charge is 2.44. The molecule has 1 aromatic carbocycles. The van der Waals surface area contributed by atoms with Gasteiger partial charge < -0.3 is 9.55 Å². The van der Waals surface area contributed by atoms with E-state index in [0.29, 0.717) is 23.8 Å². The second-order valence-electron chi connectivity index (χ2n) is 11.3. The summed E-state index contributed by atoms with van der Waals surface area (Å²) in [5.74, 6) is 2.36. The van der Waals surface area contributed by atoms with E-state index < -0.39 is 17.3 Å². The van der Waals surface area contributed by atoms with E-state index >= 15 is 0 Å². The number of aromatic nitrogens is 5. The number of pyridine rings is 1. The Morgan fingerprint density at radius 2 is 2.03 bits per heavy atom. The van der Waals surface area contributed by atoms with Crippen LogP contribution in [0.5, 0.6) is 0 Å². The number of piperidine rings is 1. The number of nitrogens with zero attached hydrogens (tertiary/aromatic N) is 5. The molecule has 0 amide bonds. The van der Waals surface area contributed by atoms with E-state index in [0.717, 1.165) is 66.8 Å². The van der Waals surface area contributed by atoms with Crippen LogP contribution in [0.15, 0.2) is 47.7 Å². The molecule has 3 aliphatic rings. The van der Waals surface area contributed by atoms with Gasteiger partial charge in [0.1, 0.15) is 17.7 Å². The quantitative estimate of drug-likeness (QED) is 0.410. The Morgan fingerprint density at radius 1 is 1.18 bits per heavy atom. The predicted octanol–water partition coefficient (Wildman–Crippen LogP) is 4.78. The van der Waals surface area contributed by atoms with Gasteiger partial charge in [0.05, 0.1) is 11.0 Å². The van der Waals surface area contributed by atoms with Gasteiger partial charge in [0, 0.05) is 43.1 Å². The van der Waals surface area contributed by atoms with Gasteiger partial charge in [-0.25, -0.2) is 0 Å². The van der Waals surface area contributed by atoms with E-state index in [-0.39, 0.29) is 16.3 Å². The largest absolute Gasteiger partial charge is 0.418 e. The maximum Gasteiger partial charge on any atom is 0.418 e. The van der Waals surface area contributed by atoms with Crippen molar-refractivity contribution in [3.05, 3.63) is 75.9 Å². The van der Waals surface area contributed by atoms with Crippen LogP contribution in [-0.2, 0) is 25.2 Å². The topological polar surface area (TPSA) is 71.7 Å². The first-order chi connectivity index (χ1) is 18.2. The molecule has 2 aliphatic carbocycles. The van der Waals surface area contributed by atoms with Gasteiger partial charge in [-0.15, -0.1) is 10.2 Å². The van der Waals surface area contributed by atoms with Crippen molar-refractivity contribution in [2.24, 2.45) is 18.9 Å². The first-order valence-corrected chi connectivity index (χ1v) is 13.3. The molecule has 38 heavy (non-hydrogen) atoms. The third-order valence-electron chi connectivity index (χ3n) is 8.96. The van der Waals surface area contributed by atoms with Gasteiger partial charge in [-0.2, -0.15) is 13.2 Å². The minimum atomic E-state index is -4.61. The number of benzene rings is 1. The van der Waals surface area contributed by atoms with Crippen molar-refractivity contribution < 1.29 is 13.2 Å². The van der Waals surface area contributed by atoms with E-state index in [9.17, 15) is 18.0 Å². The number of H-pyrrole nitrogens is 1. The number of fused-ring (bicyclic) bond motifs is 2. The first kappa shape index (κ1) is 23.7. The maximum absolute atomic E-state index is 14.3. The van der Waals surface area contributed by atoms with E-state index in [4.69, 9.17) is 0 Å². The summed E-state index contributed by atoms with van der Waals surface area (Å²) in [6.07, 6.45) is 3.14. The zero-order valence-electron chi connectivity index (χ0n) is 21.1. The van der Waals surface area contributed by atoms with Crippen LogP contribution in [0.4, 0.5) is 13.2 Å². The van der Waals surface area contributed by atoms with Crippen LogP contribution in [0.3, 0.4) is 0 Å². The molecule has 0 bridgehead atoms. The minimum Gasteiger partial charge on any atom is -0.353 e. The van der Waals surface area contributed by atoms with Crippen molar-refractivity contribution in [1.29, 1.82) is 0 Å². The number of alkyl halides is 3. The molecule has 3 fully saturated rings. The Hall–Kier alpha value is -3.40. The number of rotatable bonds is 5. The number of hydrogen-bond donors (Lipinski definition) is 1. The molecule has 4 heterocycles. The fourth-order valence-corrected chi connectivity index (χ4v) is 6.66. The zero-order valence-corrected chi connectivity index (χ0v) is 21.1. The van der Waals surface area contributed by atoms with Crippen LogP contribution in [0.25, 0.3) is 16.6 Å². The van der Waals surface area contributed by atoms with Crippen molar-refractivity contribution in [2.75, 3.05) is 13.1 Å². The van der Waals surface area contributed by atoms with Gasteiger partial charge in [0.25, 0.3) is 5.56 Å². The van der Waals surface area contributed by atoms with Crippen molar-refractivity contribution in [1.82, 2.24) is 29.2 Å². The SMILES string of the molecule is Cn1cnnc1C1(c2cccc(-n3cc(C(F)(F)F)c4cc(CN5CCC6CC6C5)[nH]c4c3=O)c2)CCC1. The molecular formula is C28H29F3N6O. The molecule has 7 nitrogen and oxygen atoms in total. The molecule has 1 N–H and O–H groups in total. The van der Waals surface area contributed by atoms with Crippen LogP contribution < -0.4 is 5.56 Å². The lowest BCUT2D eigenvalue weighted by Gasteiger charge is -2.41. The molecule has 2 saturated carbocycles. The summed E-state index contributed by atoms with van der Waals surface area (Å²) < 4.78 is 45.8. The van der Waals surface area contributed by atoms with E-state index in [2.05, 4.69) is 20.1 Å². The van der Waals surface area contributed by atoms with Crippen LogP contribution in [0.1, 0.15) is 54.7 Å². The number of hydrogen-bond acceptors (Lipinski definition) is 4. The monoisotopic (exact) mass is 522 g/mol. The van der Waals surface area contributed by atoms with E-state index in [1.54, 1.807) is 18.5 Å². The molecule has 1 aliphatic heterocycles. The van der Waals surface area contributed by atoms with Crippen molar-refractivity contribution in [3.63, 3.8) is 0 Å². The molecule has 2 unspecified atom stereocenters. The number of aryl methyl sites for hydroxylation is 1. The lowest BCUT2D eigenvalue weighted by Crippen LogP contribution is -2.38. The Labute approximate surface area is 217 Å². The third kappa shape index (κ3) is 3.72. The van der Waals surface area contributed by atoms with Crippen LogP contribution in [0, 0.1) is 11.8 Å². The summed E-state index contributed by atoms with van der Waals surface area (Å²) >= 11 is 0. The molecule has 10 heteroatoms. The first-order valence-electron chi connectivity index (χ1n) is 13.3. The fraction of sp³-hybridized carbons (Fsp3) is 0.464. The predicted molar refractivity (Wildman–Crippen MR) is 136 cm³/mol. The van der Waals surface area contributed by atoms with E-state index in [1.165, 1.54) is 12.5 Å². The molecule has 2 atom stereocenters. The Kier molecular flexibility index (Phi) is 5.17. The Bertz CT molecular complexity index is 1590. The molecule has 3 aromatic heterocycles. The van der Waals surface area contributed by atoms with Crippen molar-refractivity contribution >= 4 is 10.9 Å². The van der Waals surface area contributed by atoms with Crippen LogP contribution in [-0.4, -0.2) is 42.3 Å².